The van der Waals surface area contributed by atoms with Gasteiger partial charge in [-0.1, -0.05) is 5.10 Å². The van der Waals surface area contributed by atoms with Gasteiger partial charge >= 0.3 is 6.01 Å². The lowest BCUT2D eigenvalue weighted by molar-refractivity contribution is -0.384. The van der Waals surface area contributed by atoms with Crippen molar-refractivity contribution in [3.05, 3.63) is 58.2 Å². The molecule has 0 aliphatic carbocycles. The largest absolute Gasteiger partial charge is 0.493 e. The first-order valence-electron chi connectivity index (χ1n) is 8.82. The summed E-state index contributed by atoms with van der Waals surface area (Å²) in [6.07, 6.45) is 2.74. The van der Waals surface area contributed by atoms with Gasteiger partial charge in [0.2, 0.25) is 11.6 Å². The monoisotopic (exact) mass is 426 g/mol. The number of non-ortho nitro benzene ring substituents is 1. The fourth-order valence-corrected chi connectivity index (χ4v) is 2.62. The van der Waals surface area contributed by atoms with Gasteiger partial charge in [-0.3, -0.25) is 20.2 Å². The summed E-state index contributed by atoms with van der Waals surface area (Å²) in [6.45, 7) is 0. The number of nitrogens with one attached hydrogen (secondary N) is 1. The lowest BCUT2D eigenvalue weighted by Gasteiger charge is -2.12. The normalized spacial score (nSPS) is 10.7. The van der Waals surface area contributed by atoms with Gasteiger partial charge in [0.1, 0.15) is 0 Å². The number of amides is 1. The molecule has 3 aromatic rings. The van der Waals surface area contributed by atoms with Crippen LogP contribution in [0.2, 0.25) is 0 Å². The van der Waals surface area contributed by atoms with Crippen molar-refractivity contribution >= 4 is 23.7 Å². The fraction of sp³-hybridized carbons (Fsp3) is 0.150. The number of rotatable bonds is 8. The van der Waals surface area contributed by atoms with Crippen LogP contribution in [0, 0.1) is 10.1 Å². The summed E-state index contributed by atoms with van der Waals surface area (Å²) in [5, 5.41) is 20.8. The summed E-state index contributed by atoms with van der Waals surface area (Å²) < 4.78 is 21.4. The molecule has 0 bridgehead atoms. The van der Waals surface area contributed by atoms with Crippen molar-refractivity contribution in [2.75, 3.05) is 26.6 Å². The van der Waals surface area contributed by atoms with E-state index >= 15 is 0 Å². The zero-order valence-corrected chi connectivity index (χ0v) is 16.8. The maximum atomic E-state index is 12.1. The Morgan fingerprint density at radius 3 is 2.26 bits per heavy atom. The van der Waals surface area contributed by atoms with Gasteiger partial charge in [0.25, 0.3) is 11.6 Å². The molecule has 1 aromatic heterocycles. The number of carbonyl (C=O) groups is 1. The van der Waals surface area contributed by atoms with Crippen LogP contribution in [0.25, 0.3) is 17.5 Å². The van der Waals surface area contributed by atoms with Crippen molar-refractivity contribution in [3.8, 4) is 28.7 Å². The number of hydrogen-bond acceptors (Lipinski definition) is 9. The number of aromatic nitrogens is 2. The molecule has 0 saturated heterocycles. The van der Waals surface area contributed by atoms with E-state index in [2.05, 4.69) is 15.5 Å². The number of anilines is 1. The lowest BCUT2D eigenvalue weighted by atomic mass is 10.2. The second kappa shape index (κ2) is 9.39. The zero-order chi connectivity index (χ0) is 22.4. The minimum atomic E-state index is -0.515. The van der Waals surface area contributed by atoms with E-state index in [0.717, 1.165) is 0 Å². The maximum absolute atomic E-state index is 12.1. The number of benzene rings is 2. The van der Waals surface area contributed by atoms with Gasteiger partial charge in [0, 0.05) is 23.8 Å². The summed E-state index contributed by atoms with van der Waals surface area (Å²) in [5.74, 6) is 0.851. The Morgan fingerprint density at radius 1 is 1.06 bits per heavy atom. The summed E-state index contributed by atoms with van der Waals surface area (Å²) in [5.41, 5.74) is 1.08. The molecule has 0 radical (unpaired) electrons. The highest BCUT2D eigenvalue weighted by Gasteiger charge is 2.18. The predicted octanol–water partition coefficient (Wildman–Crippen LogP) is 3.32. The summed E-state index contributed by atoms with van der Waals surface area (Å²) in [4.78, 5) is 22.3. The molecule has 0 fully saturated rings. The maximum Gasteiger partial charge on any atom is 0.322 e. The molecular weight excluding hydrogens is 408 g/mol. The predicted molar refractivity (Wildman–Crippen MR) is 110 cm³/mol. The standard InChI is InChI=1S/C20H18N4O7/c1-28-15-10-13(11-16(29-2)18(15)30-3)19-22-23-20(31-19)21-17(25)9-6-12-4-7-14(8-5-12)24(26)27/h4-11H,1-3H3,(H,21,23,25). The number of nitro groups is 1. The van der Waals surface area contributed by atoms with E-state index in [-0.39, 0.29) is 17.6 Å². The molecule has 2 aromatic carbocycles. The summed E-state index contributed by atoms with van der Waals surface area (Å²) in [7, 11) is 4.46. The number of nitro benzene ring substituents is 1. The lowest BCUT2D eigenvalue weighted by Crippen LogP contribution is -2.07. The Hall–Kier alpha value is -4.41. The number of carbonyl (C=O) groups excluding carboxylic acids is 1. The van der Waals surface area contributed by atoms with E-state index in [1.54, 1.807) is 12.1 Å². The minimum Gasteiger partial charge on any atom is -0.493 e. The number of nitrogens with zero attached hydrogens (tertiary/aromatic N) is 3. The van der Waals surface area contributed by atoms with Crippen LogP contribution in [-0.2, 0) is 4.79 Å². The molecule has 3 rings (SSSR count). The Bertz CT molecular complexity index is 1100. The molecule has 160 valence electrons. The van der Waals surface area contributed by atoms with E-state index in [0.29, 0.717) is 28.4 Å². The number of methoxy groups -OCH3 is 3. The third kappa shape index (κ3) is 4.96. The minimum absolute atomic E-state index is 0.0354. The fourth-order valence-electron chi connectivity index (χ4n) is 2.62. The summed E-state index contributed by atoms with van der Waals surface area (Å²) >= 11 is 0. The van der Waals surface area contributed by atoms with E-state index in [1.807, 2.05) is 0 Å². The van der Waals surface area contributed by atoms with Crippen molar-refractivity contribution in [1.82, 2.24) is 10.2 Å². The first-order valence-corrected chi connectivity index (χ1v) is 8.82. The molecule has 11 heteroatoms. The van der Waals surface area contributed by atoms with Crippen molar-refractivity contribution in [3.63, 3.8) is 0 Å². The highest BCUT2D eigenvalue weighted by Crippen LogP contribution is 2.41. The molecular formula is C20H18N4O7. The average molecular weight is 426 g/mol. The number of ether oxygens (including phenoxy) is 3. The smallest absolute Gasteiger partial charge is 0.322 e. The molecule has 11 nitrogen and oxygen atoms in total. The molecule has 0 atom stereocenters. The van der Waals surface area contributed by atoms with E-state index in [9.17, 15) is 14.9 Å². The SMILES string of the molecule is COc1cc(-c2nnc(NC(=O)C=Cc3ccc([N+](=O)[O-])cc3)o2)cc(OC)c1OC. The van der Waals surface area contributed by atoms with Crippen LogP contribution in [0.5, 0.6) is 17.2 Å². The van der Waals surface area contributed by atoms with Crippen LogP contribution in [0.15, 0.2) is 46.9 Å². The molecule has 0 spiro atoms. The third-order valence-electron chi connectivity index (χ3n) is 4.10. The molecule has 1 N–H and O–H groups in total. The second-order valence-electron chi connectivity index (χ2n) is 6.00. The first kappa shape index (κ1) is 21.3. The number of hydrogen-bond donors (Lipinski definition) is 1. The van der Waals surface area contributed by atoms with Gasteiger partial charge in [-0.15, -0.1) is 5.10 Å². The van der Waals surface area contributed by atoms with Crippen molar-refractivity contribution in [2.45, 2.75) is 0 Å². The molecule has 1 heterocycles. The molecule has 0 aliphatic rings. The van der Waals surface area contributed by atoms with Crippen LogP contribution in [0.3, 0.4) is 0 Å². The third-order valence-corrected chi connectivity index (χ3v) is 4.10. The van der Waals surface area contributed by atoms with Gasteiger partial charge in [-0.05, 0) is 35.9 Å². The zero-order valence-electron chi connectivity index (χ0n) is 16.8. The molecule has 0 saturated carbocycles. The van der Waals surface area contributed by atoms with Gasteiger partial charge in [-0.2, -0.15) is 0 Å². The average Bonchev–Trinajstić information content (AvgIpc) is 3.25. The van der Waals surface area contributed by atoms with E-state index in [1.165, 1.54) is 57.7 Å². The van der Waals surface area contributed by atoms with Crippen molar-refractivity contribution in [2.24, 2.45) is 0 Å². The quantitative estimate of drug-likeness (QED) is 0.326. The van der Waals surface area contributed by atoms with Crippen LogP contribution < -0.4 is 19.5 Å². The molecule has 1 amide bonds. The highest BCUT2D eigenvalue weighted by atomic mass is 16.6. The van der Waals surface area contributed by atoms with E-state index in [4.69, 9.17) is 18.6 Å². The highest BCUT2D eigenvalue weighted by molar-refractivity contribution is 6.00. The van der Waals surface area contributed by atoms with Gasteiger partial charge in [0.05, 0.1) is 26.3 Å². The molecule has 0 aliphatic heterocycles. The molecule has 31 heavy (non-hydrogen) atoms. The first-order chi connectivity index (χ1) is 14.9. The van der Waals surface area contributed by atoms with Crippen LogP contribution in [-0.4, -0.2) is 42.4 Å². The van der Waals surface area contributed by atoms with Gasteiger partial charge in [-0.25, -0.2) is 0 Å². The topological polar surface area (TPSA) is 139 Å². The Balaban J connectivity index is 1.72. The Kier molecular flexibility index (Phi) is 6.45. The van der Waals surface area contributed by atoms with Crippen LogP contribution in [0.4, 0.5) is 11.7 Å². The molecule has 0 unspecified atom stereocenters. The van der Waals surface area contributed by atoms with E-state index < -0.39 is 10.8 Å². The summed E-state index contributed by atoms with van der Waals surface area (Å²) in [6, 6.07) is 8.90. The van der Waals surface area contributed by atoms with Crippen molar-refractivity contribution in [1.29, 1.82) is 0 Å². The second-order valence-corrected chi connectivity index (χ2v) is 6.00. The van der Waals surface area contributed by atoms with Gasteiger partial charge in [0.15, 0.2) is 11.5 Å². The van der Waals surface area contributed by atoms with Crippen LogP contribution >= 0.6 is 0 Å². The Labute approximate surface area is 176 Å². The van der Waals surface area contributed by atoms with Crippen LogP contribution in [0.1, 0.15) is 5.56 Å². The van der Waals surface area contributed by atoms with Gasteiger partial charge < -0.3 is 18.6 Å². The Morgan fingerprint density at radius 2 is 1.71 bits per heavy atom. The van der Waals surface area contributed by atoms with Crippen molar-refractivity contribution < 1.29 is 28.3 Å².